The summed E-state index contributed by atoms with van der Waals surface area (Å²) in [5.41, 5.74) is 3.12. The summed E-state index contributed by atoms with van der Waals surface area (Å²) in [7, 11) is 1.58. The number of aromatic nitrogens is 3. The van der Waals surface area contributed by atoms with Crippen molar-refractivity contribution in [3.05, 3.63) is 83.9 Å². The molecule has 4 aromatic rings. The van der Waals surface area contributed by atoms with Crippen molar-refractivity contribution in [2.75, 3.05) is 24.3 Å². The highest BCUT2D eigenvalue weighted by molar-refractivity contribution is 6.03. The molecule has 2 aromatic heterocycles. The molecule has 0 saturated carbocycles. The number of nitrogens with one attached hydrogen (secondary N) is 2. The lowest BCUT2D eigenvalue weighted by Gasteiger charge is -2.21. The number of benzene rings is 2. The summed E-state index contributed by atoms with van der Waals surface area (Å²) in [4.78, 5) is 35.0. The molecule has 38 heavy (non-hydrogen) atoms. The van der Waals surface area contributed by atoms with Gasteiger partial charge in [0.1, 0.15) is 11.6 Å². The van der Waals surface area contributed by atoms with E-state index in [9.17, 15) is 9.59 Å². The van der Waals surface area contributed by atoms with Crippen molar-refractivity contribution >= 4 is 23.3 Å². The van der Waals surface area contributed by atoms with Gasteiger partial charge in [0.2, 0.25) is 17.6 Å². The van der Waals surface area contributed by atoms with Gasteiger partial charge in [-0.05, 0) is 73.5 Å². The molecule has 10 heteroatoms. The Kier molecular flexibility index (Phi) is 7.41. The summed E-state index contributed by atoms with van der Waals surface area (Å²) in [6, 6.07) is 18.2. The van der Waals surface area contributed by atoms with Gasteiger partial charge in [0, 0.05) is 36.5 Å². The van der Waals surface area contributed by atoms with Crippen molar-refractivity contribution < 1.29 is 18.8 Å². The third-order valence-electron chi connectivity index (χ3n) is 6.37. The predicted octanol–water partition coefficient (Wildman–Crippen LogP) is 4.69. The number of ether oxygens (including phenoxy) is 1. The zero-order chi connectivity index (χ0) is 26.5. The fourth-order valence-electron chi connectivity index (χ4n) is 4.45. The van der Waals surface area contributed by atoms with Crippen molar-refractivity contribution in [2.45, 2.75) is 32.4 Å². The maximum Gasteiger partial charge on any atom is 0.256 e. The minimum atomic E-state index is -0.263. The van der Waals surface area contributed by atoms with Gasteiger partial charge in [0.05, 0.1) is 13.2 Å². The second kappa shape index (κ2) is 11.2. The first-order valence-corrected chi connectivity index (χ1v) is 12.3. The van der Waals surface area contributed by atoms with E-state index >= 15 is 0 Å². The van der Waals surface area contributed by atoms with Crippen molar-refractivity contribution in [1.29, 1.82) is 0 Å². The first-order valence-electron chi connectivity index (χ1n) is 12.3. The molecule has 194 valence electrons. The minimum Gasteiger partial charge on any atom is -0.497 e. The van der Waals surface area contributed by atoms with E-state index in [-0.39, 0.29) is 17.9 Å². The minimum absolute atomic E-state index is 0.0299. The van der Waals surface area contributed by atoms with Crippen LogP contribution in [0.3, 0.4) is 0 Å². The zero-order valence-electron chi connectivity index (χ0n) is 21.2. The highest BCUT2D eigenvalue weighted by Crippen LogP contribution is 2.33. The first-order chi connectivity index (χ1) is 18.5. The fourth-order valence-corrected chi connectivity index (χ4v) is 4.45. The van der Waals surface area contributed by atoms with Gasteiger partial charge < -0.3 is 19.9 Å². The summed E-state index contributed by atoms with van der Waals surface area (Å²) in [5, 5.41) is 9.74. The van der Waals surface area contributed by atoms with Crippen molar-refractivity contribution in [3.63, 3.8) is 0 Å². The molecule has 0 unspecified atom stereocenters. The van der Waals surface area contributed by atoms with Crippen LogP contribution in [0.4, 0.5) is 11.5 Å². The molecular weight excluding hydrogens is 484 g/mol. The molecular formula is C28H28N6O4. The van der Waals surface area contributed by atoms with Crippen LogP contribution in [0.1, 0.15) is 47.6 Å². The Morgan fingerprint density at radius 2 is 1.84 bits per heavy atom. The van der Waals surface area contributed by atoms with Crippen molar-refractivity contribution in [2.24, 2.45) is 0 Å². The average molecular weight is 513 g/mol. The standard InChI is InChI=1S/C28H28N6O4/c1-18(35)30-22-10-5-19(6-11-22)17-34-15-3-4-24(34)28-32-26(33-38-28)21-9-14-25(29-16-21)31-27(36)20-7-12-23(37-2)13-8-20/h5-14,16,24H,3-4,15,17H2,1-2H3,(H,30,35)(H,29,31,36)/t24-/m0/s1. The molecule has 0 aliphatic carbocycles. The Bertz CT molecular complexity index is 1400. The maximum atomic E-state index is 12.5. The Hall–Kier alpha value is -4.57. The van der Waals surface area contributed by atoms with Crippen LogP contribution in [0.15, 0.2) is 71.4 Å². The third kappa shape index (κ3) is 5.87. The number of amides is 2. The molecule has 2 N–H and O–H groups in total. The molecule has 10 nitrogen and oxygen atoms in total. The Morgan fingerprint density at radius 3 is 2.53 bits per heavy atom. The molecule has 5 rings (SSSR count). The summed E-state index contributed by atoms with van der Waals surface area (Å²) in [6.07, 6.45) is 3.58. The van der Waals surface area contributed by atoms with Crippen LogP contribution in [0.2, 0.25) is 0 Å². The summed E-state index contributed by atoms with van der Waals surface area (Å²) in [5.74, 6) is 1.77. The number of anilines is 2. The largest absolute Gasteiger partial charge is 0.497 e. The molecule has 1 aliphatic heterocycles. The number of methoxy groups -OCH3 is 1. The molecule has 1 fully saturated rings. The van der Waals surface area contributed by atoms with Gasteiger partial charge in [-0.2, -0.15) is 4.98 Å². The number of carbonyl (C=O) groups excluding carboxylic acids is 2. The Labute approximate surface area is 220 Å². The molecule has 0 radical (unpaired) electrons. The number of pyridine rings is 1. The average Bonchev–Trinajstić information content (AvgIpc) is 3.60. The second-order valence-electron chi connectivity index (χ2n) is 9.08. The van der Waals surface area contributed by atoms with Gasteiger partial charge in [-0.1, -0.05) is 17.3 Å². The molecule has 0 bridgehead atoms. The maximum absolute atomic E-state index is 12.5. The quantitative estimate of drug-likeness (QED) is 0.349. The number of nitrogens with zero attached hydrogens (tertiary/aromatic N) is 4. The Balaban J connectivity index is 1.22. The highest BCUT2D eigenvalue weighted by atomic mass is 16.5. The van der Waals surface area contributed by atoms with Crippen molar-refractivity contribution in [3.8, 4) is 17.1 Å². The van der Waals surface area contributed by atoms with Gasteiger partial charge >= 0.3 is 0 Å². The van der Waals surface area contributed by atoms with Crippen LogP contribution in [-0.2, 0) is 11.3 Å². The lowest BCUT2D eigenvalue weighted by molar-refractivity contribution is -0.114. The van der Waals surface area contributed by atoms with E-state index in [1.54, 1.807) is 49.7 Å². The lowest BCUT2D eigenvalue weighted by atomic mass is 10.1. The number of hydrogen-bond acceptors (Lipinski definition) is 8. The number of hydrogen-bond donors (Lipinski definition) is 2. The molecule has 1 saturated heterocycles. The smallest absolute Gasteiger partial charge is 0.256 e. The SMILES string of the molecule is COc1ccc(C(=O)Nc2ccc(-c3noc([C@@H]4CCCN4Cc4ccc(NC(C)=O)cc4)n3)cn2)cc1. The number of likely N-dealkylation sites (tertiary alicyclic amines) is 1. The van der Waals surface area contributed by atoms with Crippen molar-refractivity contribution in [1.82, 2.24) is 20.0 Å². The van der Waals surface area contributed by atoms with E-state index in [0.717, 1.165) is 37.2 Å². The van der Waals surface area contributed by atoms with Crippen LogP contribution in [0.5, 0.6) is 5.75 Å². The van der Waals surface area contributed by atoms with Gasteiger partial charge in [-0.15, -0.1) is 0 Å². The summed E-state index contributed by atoms with van der Waals surface area (Å²) in [6.45, 7) is 3.17. The van der Waals surface area contributed by atoms with Gasteiger partial charge in [-0.3, -0.25) is 14.5 Å². The van der Waals surface area contributed by atoms with E-state index in [2.05, 4.69) is 30.7 Å². The van der Waals surface area contributed by atoms with Crippen LogP contribution in [0, 0.1) is 0 Å². The van der Waals surface area contributed by atoms with E-state index in [0.29, 0.717) is 34.4 Å². The third-order valence-corrected chi connectivity index (χ3v) is 6.37. The fraction of sp³-hybridized carbons (Fsp3) is 0.250. The zero-order valence-corrected chi connectivity index (χ0v) is 21.2. The topological polar surface area (TPSA) is 122 Å². The molecule has 1 atom stereocenters. The highest BCUT2D eigenvalue weighted by Gasteiger charge is 2.31. The molecule has 2 aromatic carbocycles. The summed E-state index contributed by atoms with van der Waals surface area (Å²) >= 11 is 0. The van der Waals surface area contributed by atoms with E-state index < -0.39 is 0 Å². The van der Waals surface area contributed by atoms with Gasteiger partial charge in [0.15, 0.2) is 0 Å². The number of rotatable bonds is 8. The molecule has 3 heterocycles. The van der Waals surface area contributed by atoms with E-state index in [1.165, 1.54) is 6.92 Å². The normalized spacial score (nSPS) is 15.3. The van der Waals surface area contributed by atoms with Gasteiger partial charge in [0.25, 0.3) is 5.91 Å². The van der Waals surface area contributed by atoms with Crippen LogP contribution < -0.4 is 15.4 Å². The Morgan fingerprint density at radius 1 is 1.05 bits per heavy atom. The van der Waals surface area contributed by atoms with Crippen LogP contribution >= 0.6 is 0 Å². The predicted molar refractivity (Wildman–Crippen MR) is 142 cm³/mol. The van der Waals surface area contributed by atoms with Crippen LogP contribution in [0.25, 0.3) is 11.4 Å². The summed E-state index contributed by atoms with van der Waals surface area (Å²) < 4.78 is 10.8. The van der Waals surface area contributed by atoms with Gasteiger partial charge in [-0.25, -0.2) is 4.98 Å². The van der Waals surface area contributed by atoms with E-state index in [4.69, 9.17) is 9.26 Å². The van der Waals surface area contributed by atoms with Crippen LogP contribution in [-0.4, -0.2) is 45.5 Å². The lowest BCUT2D eigenvalue weighted by Crippen LogP contribution is -2.23. The number of carbonyl (C=O) groups is 2. The first kappa shape index (κ1) is 25.1. The van der Waals surface area contributed by atoms with E-state index in [1.807, 2.05) is 24.3 Å². The second-order valence-corrected chi connectivity index (χ2v) is 9.08. The molecule has 2 amide bonds. The molecule has 0 spiro atoms. The molecule has 1 aliphatic rings. The monoisotopic (exact) mass is 512 g/mol.